The number of piperazine rings is 1. The van der Waals surface area contributed by atoms with Gasteiger partial charge >= 0.3 is 0 Å². The summed E-state index contributed by atoms with van der Waals surface area (Å²) in [7, 11) is 0. The third-order valence-electron chi connectivity index (χ3n) is 4.76. The van der Waals surface area contributed by atoms with E-state index in [1.807, 2.05) is 48.7 Å². The van der Waals surface area contributed by atoms with E-state index < -0.39 is 17.7 Å². The van der Waals surface area contributed by atoms with Gasteiger partial charge in [-0.15, -0.1) is 0 Å². The summed E-state index contributed by atoms with van der Waals surface area (Å²) < 4.78 is 7.76. The largest absolute Gasteiger partial charge is 0.375 e. The molecule has 0 radical (unpaired) electrons. The van der Waals surface area contributed by atoms with E-state index in [1.54, 1.807) is 6.33 Å². The number of carbonyl (C=O) groups is 3. The van der Waals surface area contributed by atoms with E-state index in [0.717, 1.165) is 16.2 Å². The van der Waals surface area contributed by atoms with Crippen LogP contribution in [0.4, 0.5) is 0 Å². The fraction of sp³-hybridized carbons (Fsp3) is 0.364. The van der Waals surface area contributed by atoms with Crippen molar-refractivity contribution in [1.82, 2.24) is 19.8 Å². The second kappa shape index (κ2) is 9.49. The topological polar surface area (TPSA) is 93.5 Å². The minimum atomic E-state index is -0.530. The molecule has 158 valence electrons. The van der Waals surface area contributed by atoms with Gasteiger partial charge in [0.25, 0.3) is 5.91 Å². The lowest BCUT2D eigenvalue weighted by atomic mass is 10.1. The summed E-state index contributed by atoms with van der Waals surface area (Å²) in [6.45, 7) is 6.70. The minimum Gasteiger partial charge on any atom is -0.375 e. The van der Waals surface area contributed by atoms with Gasteiger partial charge in [0, 0.05) is 19.2 Å². The number of aromatic nitrogens is 2. The van der Waals surface area contributed by atoms with Crippen LogP contribution in [0.5, 0.6) is 0 Å². The maximum atomic E-state index is 12.5. The first-order valence-electron chi connectivity index (χ1n) is 9.87. The lowest BCUT2D eigenvalue weighted by Gasteiger charge is -2.25. The van der Waals surface area contributed by atoms with Crippen LogP contribution in [-0.2, 0) is 32.3 Å². The van der Waals surface area contributed by atoms with Crippen LogP contribution in [0.25, 0.3) is 6.08 Å². The van der Waals surface area contributed by atoms with Gasteiger partial charge < -0.3 is 14.6 Å². The van der Waals surface area contributed by atoms with Crippen molar-refractivity contribution >= 4 is 23.8 Å². The van der Waals surface area contributed by atoms with Gasteiger partial charge in [-0.25, -0.2) is 4.98 Å². The number of imide groups is 1. The van der Waals surface area contributed by atoms with Crippen LogP contribution in [0, 0.1) is 0 Å². The van der Waals surface area contributed by atoms with Crippen LogP contribution < -0.4 is 5.32 Å². The first kappa shape index (κ1) is 21.4. The number of rotatable bonds is 7. The maximum Gasteiger partial charge on any atom is 0.277 e. The van der Waals surface area contributed by atoms with E-state index in [4.69, 9.17) is 4.74 Å². The molecule has 8 heteroatoms. The van der Waals surface area contributed by atoms with Gasteiger partial charge in [-0.2, -0.15) is 0 Å². The second-order valence-corrected chi connectivity index (χ2v) is 7.42. The number of benzene rings is 1. The zero-order valence-electron chi connectivity index (χ0n) is 17.4. The molecule has 1 saturated heterocycles. The smallest absolute Gasteiger partial charge is 0.277 e. The average molecular weight is 410 g/mol. The van der Waals surface area contributed by atoms with E-state index in [0.29, 0.717) is 25.5 Å². The highest BCUT2D eigenvalue weighted by molar-refractivity contribution is 6.12. The van der Waals surface area contributed by atoms with Gasteiger partial charge in [-0.1, -0.05) is 44.2 Å². The molecule has 3 amide bonds. The standard InChI is InChI=1S/C22H26N4O4/c1-15(2)21-18(11-19-22(29)26(16(3)27)12-20(28)24-19)23-14-25(21)9-10-30-13-17-7-5-4-6-8-17/h4-8,11,14-15H,9-10,12-13H2,1-3H3,(H,24,28)/b19-11-. The summed E-state index contributed by atoms with van der Waals surface area (Å²) in [5, 5.41) is 2.55. The van der Waals surface area contributed by atoms with Crippen molar-refractivity contribution in [2.75, 3.05) is 13.2 Å². The normalized spacial score (nSPS) is 15.7. The number of amides is 3. The molecule has 1 aromatic carbocycles. The quantitative estimate of drug-likeness (QED) is 0.557. The molecule has 2 heterocycles. The van der Waals surface area contributed by atoms with Gasteiger partial charge in [-0.05, 0) is 17.6 Å². The lowest BCUT2D eigenvalue weighted by molar-refractivity contribution is -0.147. The van der Waals surface area contributed by atoms with E-state index >= 15 is 0 Å². The average Bonchev–Trinajstić information content (AvgIpc) is 3.11. The van der Waals surface area contributed by atoms with Crippen LogP contribution in [0.1, 0.15) is 43.6 Å². The summed E-state index contributed by atoms with van der Waals surface area (Å²) in [5.74, 6) is -1.27. The van der Waals surface area contributed by atoms with Gasteiger partial charge in [-0.3, -0.25) is 19.3 Å². The molecule has 0 unspecified atom stereocenters. The molecule has 0 aliphatic carbocycles. The molecular formula is C22H26N4O4. The summed E-state index contributed by atoms with van der Waals surface area (Å²) in [6, 6.07) is 9.95. The summed E-state index contributed by atoms with van der Waals surface area (Å²) in [4.78, 5) is 41.4. The van der Waals surface area contributed by atoms with Gasteiger partial charge in [0.05, 0.1) is 25.2 Å². The number of nitrogens with zero attached hydrogens (tertiary/aromatic N) is 3. The third kappa shape index (κ3) is 5.01. The number of carbonyl (C=O) groups excluding carboxylic acids is 3. The fourth-order valence-corrected chi connectivity index (χ4v) is 3.34. The monoisotopic (exact) mass is 410 g/mol. The predicted octanol–water partition coefficient (Wildman–Crippen LogP) is 2.07. The molecule has 0 atom stereocenters. The number of nitrogens with one attached hydrogen (secondary N) is 1. The Bertz CT molecular complexity index is 963. The molecule has 1 aliphatic heterocycles. The van der Waals surface area contributed by atoms with Gasteiger partial charge in [0.15, 0.2) is 0 Å². The Balaban J connectivity index is 1.73. The summed E-state index contributed by atoms with van der Waals surface area (Å²) >= 11 is 0. The SMILES string of the molecule is CC(=O)N1CC(=O)N/C(=C\c2ncn(CCOCc3ccccc3)c2C(C)C)C1=O. The molecule has 1 aliphatic rings. The van der Waals surface area contributed by atoms with E-state index in [-0.39, 0.29) is 18.2 Å². The third-order valence-corrected chi connectivity index (χ3v) is 4.76. The van der Waals surface area contributed by atoms with Crippen LogP contribution in [0.2, 0.25) is 0 Å². The van der Waals surface area contributed by atoms with Crippen LogP contribution in [-0.4, -0.2) is 45.3 Å². The Morgan fingerprint density at radius 1 is 1.27 bits per heavy atom. The maximum absolute atomic E-state index is 12.5. The Morgan fingerprint density at radius 2 is 2.00 bits per heavy atom. The molecule has 30 heavy (non-hydrogen) atoms. The van der Waals surface area contributed by atoms with Crippen LogP contribution in [0.15, 0.2) is 42.4 Å². The molecule has 1 N–H and O–H groups in total. The van der Waals surface area contributed by atoms with E-state index in [1.165, 1.54) is 13.0 Å². The highest BCUT2D eigenvalue weighted by Gasteiger charge is 2.31. The van der Waals surface area contributed by atoms with Crippen molar-refractivity contribution in [3.05, 3.63) is 59.3 Å². The van der Waals surface area contributed by atoms with E-state index in [2.05, 4.69) is 10.3 Å². The predicted molar refractivity (Wildman–Crippen MR) is 111 cm³/mol. The van der Waals surface area contributed by atoms with Crippen molar-refractivity contribution in [3.63, 3.8) is 0 Å². The minimum absolute atomic E-state index is 0.0499. The molecule has 2 aromatic rings. The summed E-state index contributed by atoms with van der Waals surface area (Å²) in [6.07, 6.45) is 3.23. The number of hydrogen-bond acceptors (Lipinski definition) is 5. The highest BCUT2D eigenvalue weighted by Crippen LogP contribution is 2.22. The molecule has 3 rings (SSSR count). The Kier molecular flexibility index (Phi) is 6.79. The second-order valence-electron chi connectivity index (χ2n) is 7.42. The van der Waals surface area contributed by atoms with Gasteiger partial charge in [0.2, 0.25) is 11.8 Å². The van der Waals surface area contributed by atoms with E-state index in [9.17, 15) is 14.4 Å². The Hall–Kier alpha value is -3.26. The number of imidazole rings is 1. The van der Waals surface area contributed by atoms with Crippen molar-refractivity contribution < 1.29 is 19.1 Å². The highest BCUT2D eigenvalue weighted by atomic mass is 16.5. The summed E-state index contributed by atoms with van der Waals surface area (Å²) in [5.41, 5.74) is 2.67. The molecule has 1 fully saturated rings. The van der Waals surface area contributed by atoms with Crippen molar-refractivity contribution in [2.24, 2.45) is 0 Å². The first-order valence-corrected chi connectivity index (χ1v) is 9.87. The molecular weight excluding hydrogens is 384 g/mol. The van der Waals surface area contributed by atoms with Crippen molar-refractivity contribution in [1.29, 1.82) is 0 Å². The number of ether oxygens (including phenoxy) is 1. The van der Waals surface area contributed by atoms with Crippen LogP contribution in [0.3, 0.4) is 0 Å². The van der Waals surface area contributed by atoms with Crippen molar-refractivity contribution in [2.45, 2.75) is 39.8 Å². The van der Waals surface area contributed by atoms with Gasteiger partial charge in [0.1, 0.15) is 12.2 Å². The number of hydrogen-bond donors (Lipinski definition) is 1. The zero-order chi connectivity index (χ0) is 21.7. The molecule has 1 aromatic heterocycles. The molecule has 0 saturated carbocycles. The Morgan fingerprint density at radius 3 is 2.67 bits per heavy atom. The lowest BCUT2D eigenvalue weighted by Crippen LogP contribution is -2.51. The molecule has 0 spiro atoms. The van der Waals surface area contributed by atoms with Crippen LogP contribution >= 0.6 is 0 Å². The fourth-order valence-electron chi connectivity index (χ4n) is 3.34. The zero-order valence-corrected chi connectivity index (χ0v) is 17.4. The van der Waals surface area contributed by atoms with Crippen molar-refractivity contribution in [3.8, 4) is 0 Å². The first-order chi connectivity index (χ1) is 14.4. The molecule has 0 bridgehead atoms. The molecule has 8 nitrogen and oxygen atoms in total. The Labute approximate surface area is 175 Å².